The summed E-state index contributed by atoms with van der Waals surface area (Å²) in [6.45, 7) is 14.1. The van der Waals surface area contributed by atoms with Crippen LogP contribution in [0.4, 0.5) is 17.2 Å². The first-order valence-electron chi connectivity index (χ1n) is 8.50. The Hall–Kier alpha value is -2.03. The maximum Gasteiger partial charge on any atom is 0.158 e. The van der Waals surface area contributed by atoms with Gasteiger partial charge in [-0.3, -0.25) is 0 Å². The van der Waals surface area contributed by atoms with Crippen molar-refractivity contribution in [3.63, 3.8) is 0 Å². The van der Waals surface area contributed by atoms with Crippen molar-refractivity contribution in [2.75, 3.05) is 16.5 Å². The summed E-state index contributed by atoms with van der Waals surface area (Å²) in [5.74, 6) is 1.61. The molecule has 1 aromatic heterocycles. The number of nitrogens with zero attached hydrogens (tertiary/aromatic N) is 3. The van der Waals surface area contributed by atoms with Crippen LogP contribution in [0.15, 0.2) is 30.3 Å². The van der Waals surface area contributed by atoms with E-state index in [0.29, 0.717) is 12.0 Å². The van der Waals surface area contributed by atoms with E-state index in [9.17, 15) is 0 Å². The van der Waals surface area contributed by atoms with Gasteiger partial charge in [-0.1, -0.05) is 19.9 Å². The molecule has 2 heterocycles. The lowest BCUT2D eigenvalue weighted by Gasteiger charge is -2.25. The third-order valence-electron chi connectivity index (χ3n) is 4.54. The number of anilines is 3. The standard InChI is InChI=1S/C20H27N3/c1-13(2)17-9-15(5)10-18(11-17)23-12-22(14(3)4)19-8-7-16(6)21-20(19)23/h7-11,13-14H,12H2,1-6H3. The van der Waals surface area contributed by atoms with Gasteiger partial charge in [0.2, 0.25) is 0 Å². The number of hydrogen-bond donors (Lipinski definition) is 0. The molecule has 0 saturated heterocycles. The van der Waals surface area contributed by atoms with Crippen LogP contribution >= 0.6 is 0 Å². The van der Waals surface area contributed by atoms with Gasteiger partial charge in [-0.15, -0.1) is 0 Å². The summed E-state index contributed by atoms with van der Waals surface area (Å²) in [5, 5.41) is 0. The molecule has 1 aromatic carbocycles. The van der Waals surface area contributed by atoms with Crippen molar-refractivity contribution in [1.29, 1.82) is 0 Å². The van der Waals surface area contributed by atoms with E-state index in [1.165, 1.54) is 22.5 Å². The maximum atomic E-state index is 4.83. The predicted molar refractivity (Wildman–Crippen MR) is 98.9 cm³/mol. The topological polar surface area (TPSA) is 19.4 Å². The molecule has 0 spiro atoms. The van der Waals surface area contributed by atoms with Crippen LogP contribution in [0.1, 0.15) is 50.4 Å². The van der Waals surface area contributed by atoms with Crippen LogP contribution in [0.2, 0.25) is 0 Å². The van der Waals surface area contributed by atoms with E-state index in [2.05, 4.69) is 81.7 Å². The molecule has 0 radical (unpaired) electrons. The van der Waals surface area contributed by atoms with E-state index in [-0.39, 0.29) is 0 Å². The number of aryl methyl sites for hydroxylation is 2. The van der Waals surface area contributed by atoms with Crippen molar-refractivity contribution in [2.24, 2.45) is 0 Å². The molecule has 2 aromatic rings. The number of pyridine rings is 1. The minimum atomic E-state index is 0.456. The highest BCUT2D eigenvalue weighted by Gasteiger charge is 2.30. The van der Waals surface area contributed by atoms with Crippen LogP contribution in [-0.4, -0.2) is 17.7 Å². The Morgan fingerprint density at radius 3 is 2.39 bits per heavy atom. The van der Waals surface area contributed by atoms with E-state index < -0.39 is 0 Å². The minimum absolute atomic E-state index is 0.456. The molecule has 0 fully saturated rings. The van der Waals surface area contributed by atoms with Crippen molar-refractivity contribution < 1.29 is 0 Å². The fourth-order valence-corrected chi connectivity index (χ4v) is 3.18. The van der Waals surface area contributed by atoms with E-state index in [0.717, 1.165) is 18.2 Å². The van der Waals surface area contributed by atoms with Gasteiger partial charge in [0.15, 0.2) is 5.82 Å². The summed E-state index contributed by atoms with van der Waals surface area (Å²) >= 11 is 0. The summed E-state index contributed by atoms with van der Waals surface area (Å²) < 4.78 is 0. The van der Waals surface area contributed by atoms with Gasteiger partial charge in [0.1, 0.15) is 0 Å². The highest BCUT2D eigenvalue weighted by atomic mass is 15.4. The third-order valence-corrected chi connectivity index (χ3v) is 4.54. The Bertz CT molecular complexity index is 719. The van der Waals surface area contributed by atoms with E-state index in [4.69, 9.17) is 4.98 Å². The Labute approximate surface area is 140 Å². The highest BCUT2D eigenvalue weighted by molar-refractivity contribution is 5.80. The Morgan fingerprint density at radius 2 is 1.74 bits per heavy atom. The van der Waals surface area contributed by atoms with Crippen molar-refractivity contribution in [3.8, 4) is 0 Å². The molecular weight excluding hydrogens is 282 g/mol. The molecule has 0 unspecified atom stereocenters. The number of benzene rings is 1. The van der Waals surface area contributed by atoms with E-state index in [1.54, 1.807) is 0 Å². The van der Waals surface area contributed by atoms with Crippen molar-refractivity contribution >= 4 is 17.2 Å². The van der Waals surface area contributed by atoms with Crippen molar-refractivity contribution in [3.05, 3.63) is 47.2 Å². The average molecular weight is 309 g/mol. The fourth-order valence-electron chi connectivity index (χ4n) is 3.18. The second-order valence-corrected chi connectivity index (χ2v) is 7.18. The lowest BCUT2D eigenvalue weighted by atomic mass is 10.00. The Morgan fingerprint density at radius 1 is 1.00 bits per heavy atom. The molecule has 23 heavy (non-hydrogen) atoms. The Balaban J connectivity index is 2.10. The minimum Gasteiger partial charge on any atom is -0.348 e. The zero-order chi connectivity index (χ0) is 16.7. The molecule has 0 bridgehead atoms. The highest BCUT2D eigenvalue weighted by Crippen LogP contribution is 2.41. The maximum absolute atomic E-state index is 4.83. The first kappa shape index (κ1) is 15.9. The van der Waals surface area contributed by atoms with Crippen molar-refractivity contribution in [1.82, 2.24) is 4.98 Å². The van der Waals surface area contributed by atoms with E-state index in [1.807, 2.05) is 0 Å². The van der Waals surface area contributed by atoms with Gasteiger partial charge in [-0.25, -0.2) is 4.98 Å². The lowest BCUT2D eigenvalue weighted by molar-refractivity contribution is 0.709. The molecule has 1 aliphatic rings. The average Bonchev–Trinajstić information content (AvgIpc) is 2.85. The summed E-state index contributed by atoms with van der Waals surface area (Å²) in [7, 11) is 0. The summed E-state index contributed by atoms with van der Waals surface area (Å²) in [6, 6.07) is 11.6. The Kier molecular flexibility index (Phi) is 4.05. The number of fused-ring (bicyclic) bond motifs is 1. The predicted octanol–water partition coefficient (Wildman–Crippen LogP) is 5.15. The van der Waals surface area contributed by atoms with Gasteiger partial charge in [-0.05, 0) is 69.0 Å². The summed E-state index contributed by atoms with van der Waals surface area (Å²) in [5.41, 5.74) is 6.24. The summed E-state index contributed by atoms with van der Waals surface area (Å²) in [4.78, 5) is 9.60. The van der Waals surface area contributed by atoms with Gasteiger partial charge in [-0.2, -0.15) is 0 Å². The van der Waals surface area contributed by atoms with Gasteiger partial charge in [0.05, 0.1) is 12.4 Å². The molecule has 0 amide bonds. The van der Waals surface area contributed by atoms with Gasteiger partial charge in [0, 0.05) is 17.4 Å². The van der Waals surface area contributed by atoms with Gasteiger partial charge in [0.25, 0.3) is 0 Å². The molecule has 3 rings (SSSR count). The second-order valence-electron chi connectivity index (χ2n) is 7.18. The van der Waals surface area contributed by atoms with Crippen LogP contribution in [0.25, 0.3) is 0 Å². The smallest absolute Gasteiger partial charge is 0.158 e. The zero-order valence-corrected chi connectivity index (χ0v) is 15.1. The number of rotatable bonds is 3. The molecule has 122 valence electrons. The molecule has 0 aliphatic carbocycles. The SMILES string of the molecule is Cc1cc(C(C)C)cc(N2CN(C(C)C)c3ccc(C)nc32)c1. The zero-order valence-electron chi connectivity index (χ0n) is 15.1. The normalized spacial score (nSPS) is 14.1. The van der Waals surface area contributed by atoms with Crippen LogP contribution < -0.4 is 9.80 Å². The fraction of sp³-hybridized carbons (Fsp3) is 0.450. The van der Waals surface area contributed by atoms with Gasteiger partial charge < -0.3 is 9.80 Å². The molecule has 0 atom stereocenters. The second kappa shape index (κ2) is 5.88. The lowest BCUT2D eigenvalue weighted by Crippen LogP contribution is -2.33. The molecule has 0 N–H and O–H groups in total. The largest absolute Gasteiger partial charge is 0.348 e. The first-order chi connectivity index (χ1) is 10.9. The molecular formula is C20H27N3. The molecule has 3 nitrogen and oxygen atoms in total. The number of aromatic nitrogens is 1. The third kappa shape index (κ3) is 2.92. The quantitative estimate of drug-likeness (QED) is 0.782. The molecule has 3 heteroatoms. The van der Waals surface area contributed by atoms with Gasteiger partial charge >= 0.3 is 0 Å². The van der Waals surface area contributed by atoms with Crippen LogP contribution in [0, 0.1) is 13.8 Å². The van der Waals surface area contributed by atoms with Crippen molar-refractivity contribution in [2.45, 2.75) is 53.5 Å². The molecule has 0 saturated carbocycles. The van der Waals surface area contributed by atoms with E-state index >= 15 is 0 Å². The monoisotopic (exact) mass is 309 g/mol. The summed E-state index contributed by atoms with van der Waals surface area (Å²) in [6.07, 6.45) is 0. The first-order valence-corrected chi connectivity index (χ1v) is 8.50. The number of hydrogen-bond acceptors (Lipinski definition) is 3. The molecule has 1 aliphatic heterocycles. The van der Waals surface area contributed by atoms with Crippen LogP contribution in [0.5, 0.6) is 0 Å². The van der Waals surface area contributed by atoms with Crippen LogP contribution in [-0.2, 0) is 0 Å². The van der Waals surface area contributed by atoms with Crippen LogP contribution in [0.3, 0.4) is 0 Å².